The van der Waals surface area contributed by atoms with Gasteiger partial charge in [-0.15, -0.1) is 0 Å². The molecule has 1 aromatic rings. The number of piperidine rings is 1. The van der Waals surface area contributed by atoms with Crippen molar-refractivity contribution >= 4 is 6.08 Å². The van der Waals surface area contributed by atoms with Crippen molar-refractivity contribution in [3.8, 4) is 0 Å². The Balaban J connectivity index is 1.39. The first-order valence-corrected chi connectivity index (χ1v) is 11.1. The van der Waals surface area contributed by atoms with Crippen molar-refractivity contribution in [2.24, 2.45) is 41.4 Å². The SMILES string of the molecule is CC1CC2C(C)C3CCCNC3CC2C1[C@H](C)C1=Cc2ccccc2C1. The molecule has 0 aromatic heterocycles. The average molecular weight is 350 g/mol. The zero-order valence-electron chi connectivity index (χ0n) is 16.7. The molecular formula is C25H35N. The molecule has 1 N–H and O–H groups in total. The van der Waals surface area contributed by atoms with Crippen LogP contribution in [0.5, 0.6) is 0 Å². The van der Waals surface area contributed by atoms with E-state index in [-0.39, 0.29) is 0 Å². The van der Waals surface area contributed by atoms with Gasteiger partial charge in [-0.05, 0) is 91.2 Å². The Hall–Kier alpha value is -1.08. The first-order valence-electron chi connectivity index (χ1n) is 11.1. The van der Waals surface area contributed by atoms with Crippen molar-refractivity contribution in [2.45, 2.75) is 58.9 Å². The lowest BCUT2D eigenvalue weighted by atomic mass is 9.61. The topological polar surface area (TPSA) is 12.0 Å². The van der Waals surface area contributed by atoms with E-state index in [1.165, 1.54) is 44.2 Å². The maximum atomic E-state index is 3.91. The Morgan fingerprint density at radius 3 is 2.73 bits per heavy atom. The van der Waals surface area contributed by atoms with Crippen LogP contribution in [0, 0.1) is 41.4 Å². The Labute approximate surface area is 159 Å². The van der Waals surface area contributed by atoms with E-state index < -0.39 is 0 Å². The molecule has 1 heteroatoms. The molecule has 1 aromatic carbocycles. The van der Waals surface area contributed by atoms with E-state index in [1.54, 1.807) is 11.1 Å². The van der Waals surface area contributed by atoms with Crippen molar-refractivity contribution < 1.29 is 0 Å². The van der Waals surface area contributed by atoms with Crippen molar-refractivity contribution in [1.29, 1.82) is 0 Å². The fraction of sp³-hybridized carbons (Fsp3) is 0.680. The van der Waals surface area contributed by atoms with Crippen LogP contribution in [0.15, 0.2) is 29.8 Å². The van der Waals surface area contributed by atoms with Crippen molar-refractivity contribution in [3.05, 3.63) is 41.0 Å². The van der Waals surface area contributed by atoms with Crippen LogP contribution in [0.1, 0.15) is 57.6 Å². The highest BCUT2D eigenvalue weighted by Crippen LogP contribution is 2.57. The van der Waals surface area contributed by atoms with Gasteiger partial charge in [0, 0.05) is 6.04 Å². The summed E-state index contributed by atoms with van der Waals surface area (Å²) in [6.45, 7) is 8.95. The van der Waals surface area contributed by atoms with Gasteiger partial charge in [-0.25, -0.2) is 0 Å². The van der Waals surface area contributed by atoms with Crippen LogP contribution in [0.2, 0.25) is 0 Å². The molecule has 5 rings (SSSR count). The number of fused-ring (bicyclic) bond motifs is 3. The zero-order chi connectivity index (χ0) is 17.8. The maximum Gasteiger partial charge on any atom is 0.0101 e. The van der Waals surface area contributed by atoms with Crippen molar-refractivity contribution in [1.82, 2.24) is 5.32 Å². The lowest BCUT2D eigenvalue weighted by Crippen LogP contribution is -2.51. The van der Waals surface area contributed by atoms with Gasteiger partial charge in [0.05, 0.1) is 0 Å². The number of hydrogen-bond acceptors (Lipinski definition) is 1. The number of benzene rings is 1. The van der Waals surface area contributed by atoms with E-state index in [0.29, 0.717) is 0 Å². The zero-order valence-corrected chi connectivity index (χ0v) is 16.7. The molecule has 26 heavy (non-hydrogen) atoms. The fourth-order valence-electron chi connectivity index (χ4n) is 7.59. The van der Waals surface area contributed by atoms with Crippen LogP contribution < -0.4 is 5.32 Å². The highest BCUT2D eigenvalue weighted by Gasteiger charge is 2.52. The number of hydrogen-bond donors (Lipinski definition) is 1. The normalized spacial score (nSPS) is 42.6. The summed E-state index contributed by atoms with van der Waals surface area (Å²) in [4.78, 5) is 0. The molecule has 1 saturated heterocycles. The lowest BCUT2D eigenvalue weighted by molar-refractivity contribution is 0.0417. The second-order valence-electron chi connectivity index (χ2n) is 9.96. The summed E-state index contributed by atoms with van der Waals surface area (Å²) in [5, 5.41) is 3.91. The molecule has 1 heterocycles. The molecule has 0 radical (unpaired) electrons. The molecule has 140 valence electrons. The van der Waals surface area contributed by atoms with Crippen LogP contribution in [0.3, 0.4) is 0 Å². The third kappa shape index (κ3) is 2.61. The third-order valence-corrected chi connectivity index (χ3v) is 8.81. The predicted molar refractivity (Wildman–Crippen MR) is 110 cm³/mol. The summed E-state index contributed by atoms with van der Waals surface area (Å²) in [6.07, 6.45) is 9.50. The minimum atomic E-state index is 0.736. The van der Waals surface area contributed by atoms with E-state index in [2.05, 4.69) is 56.4 Å². The quantitative estimate of drug-likeness (QED) is 0.737. The Kier molecular flexibility index (Phi) is 4.27. The molecule has 0 bridgehead atoms. The molecule has 7 unspecified atom stereocenters. The Bertz CT molecular complexity index is 704. The first kappa shape index (κ1) is 17.0. The Morgan fingerprint density at radius 1 is 1.04 bits per heavy atom. The number of nitrogens with one attached hydrogen (secondary N) is 1. The maximum absolute atomic E-state index is 3.91. The average Bonchev–Trinajstić information content (AvgIpc) is 3.22. The molecule has 8 atom stereocenters. The van der Waals surface area contributed by atoms with E-state index in [9.17, 15) is 0 Å². The molecule has 0 amide bonds. The number of allylic oxidation sites excluding steroid dienone is 1. The second kappa shape index (κ2) is 6.51. The van der Waals surface area contributed by atoms with Crippen molar-refractivity contribution in [3.63, 3.8) is 0 Å². The largest absolute Gasteiger partial charge is 0.314 e. The Morgan fingerprint density at radius 2 is 1.88 bits per heavy atom. The van der Waals surface area contributed by atoms with Gasteiger partial charge < -0.3 is 5.32 Å². The van der Waals surface area contributed by atoms with Crippen LogP contribution in [0.4, 0.5) is 0 Å². The van der Waals surface area contributed by atoms with E-state index >= 15 is 0 Å². The molecule has 1 nitrogen and oxygen atoms in total. The summed E-state index contributed by atoms with van der Waals surface area (Å²) >= 11 is 0. The monoisotopic (exact) mass is 349 g/mol. The van der Waals surface area contributed by atoms with Crippen LogP contribution in [-0.2, 0) is 6.42 Å². The van der Waals surface area contributed by atoms with Crippen LogP contribution >= 0.6 is 0 Å². The van der Waals surface area contributed by atoms with Crippen LogP contribution in [0.25, 0.3) is 6.08 Å². The minimum absolute atomic E-state index is 0.736. The third-order valence-electron chi connectivity index (χ3n) is 8.81. The summed E-state index contributed by atoms with van der Waals surface area (Å²) in [7, 11) is 0. The second-order valence-corrected chi connectivity index (χ2v) is 9.96. The minimum Gasteiger partial charge on any atom is -0.314 e. The van der Waals surface area contributed by atoms with Crippen molar-refractivity contribution in [2.75, 3.05) is 6.54 Å². The standard InChI is InChI=1S/C25H35N/c1-15-11-22-17(3)21-9-6-10-26-24(21)14-23(22)25(15)16(2)20-12-18-7-4-5-8-19(18)13-20/h4-5,7-8,12,15-17,21-26H,6,9-11,13-14H2,1-3H3/t15?,16-,17?,21?,22?,23?,24?,25?/m1/s1. The van der Waals surface area contributed by atoms with Gasteiger partial charge in [0.25, 0.3) is 0 Å². The molecule has 3 fully saturated rings. The van der Waals surface area contributed by atoms with Crippen LogP contribution in [-0.4, -0.2) is 12.6 Å². The van der Waals surface area contributed by atoms with Gasteiger partial charge in [0.15, 0.2) is 0 Å². The fourth-order valence-corrected chi connectivity index (χ4v) is 7.59. The predicted octanol–water partition coefficient (Wildman–Crippen LogP) is 5.56. The highest BCUT2D eigenvalue weighted by atomic mass is 14.9. The first-order chi connectivity index (χ1) is 12.6. The lowest BCUT2D eigenvalue weighted by Gasteiger charge is -2.48. The van der Waals surface area contributed by atoms with E-state index in [4.69, 9.17) is 0 Å². The van der Waals surface area contributed by atoms with E-state index in [1.807, 2.05) is 0 Å². The van der Waals surface area contributed by atoms with Gasteiger partial charge in [-0.3, -0.25) is 0 Å². The van der Waals surface area contributed by atoms with Gasteiger partial charge in [-0.1, -0.05) is 56.7 Å². The summed E-state index contributed by atoms with van der Waals surface area (Å²) in [5.74, 6) is 6.27. The summed E-state index contributed by atoms with van der Waals surface area (Å²) in [5.41, 5.74) is 4.72. The summed E-state index contributed by atoms with van der Waals surface area (Å²) in [6, 6.07) is 9.82. The van der Waals surface area contributed by atoms with Gasteiger partial charge in [-0.2, -0.15) is 0 Å². The van der Waals surface area contributed by atoms with Gasteiger partial charge >= 0.3 is 0 Å². The molecule has 0 spiro atoms. The molecular weight excluding hydrogens is 314 g/mol. The molecule has 3 aliphatic carbocycles. The molecule has 2 saturated carbocycles. The molecule has 1 aliphatic heterocycles. The molecule has 4 aliphatic rings. The van der Waals surface area contributed by atoms with Gasteiger partial charge in [0.2, 0.25) is 0 Å². The summed E-state index contributed by atoms with van der Waals surface area (Å²) < 4.78 is 0. The highest BCUT2D eigenvalue weighted by molar-refractivity contribution is 5.64. The smallest absolute Gasteiger partial charge is 0.0101 e. The van der Waals surface area contributed by atoms with E-state index in [0.717, 1.165) is 47.5 Å². The number of rotatable bonds is 2. The van der Waals surface area contributed by atoms with Gasteiger partial charge in [0.1, 0.15) is 0 Å².